The van der Waals surface area contributed by atoms with Gasteiger partial charge in [-0.3, -0.25) is 19.4 Å². The maximum Gasteiger partial charge on any atom is 0.272 e. The molecule has 5 atom stereocenters. The molecule has 0 radical (unpaired) electrons. The van der Waals surface area contributed by atoms with Gasteiger partial charge in [0.15, 0.2) is 5.69 Å². The molecule has 1 fully saturated rings. The molecule has 1 saturated carbocycles. The van der Waals surface area contributed by atoms with Gasteiger partial charge < -0.3 is 16.4 Å². The van der Waals surface area contributed by atoms with Crippen molar-refractivity contribution in [3.05, 3.63) is 100 Å². The number of nitrogens with two attached hydrogens (primary N) is 1. The number of primary amides is 1. The van der Waals surface area contributed by atoms with Crippen molar-refractivity contribution >= 4 is 40.9 Å². The molecule has 3 amide bonds. The zero-order chi connectivity index (χ0) is 31.4. The molecule has 2 aromatic carbocycles. The molecule has 0 spiro atoms. The lowest BCUT2D eigenvalue weighted by Gasteiger charge is -2.27. The fourth-order valence-corrected chi connectivity index (χ4v) is 6.33. The van der Waals surface area contributed by atoms with E-state index in [-0.39, 0.29) is 29.9 Å². The number of nitrogens with one attached hydrogen (secondary N) is 2. The third kappa shape index (κ3) is 6.79. The Balaban J connectivity index is 1.41. The lowest BCUT2D eigenvalue weighted by atomic mass is 9.89. The molecule has 4 aromatic rings. The van der Waals surface area contributed by atoms with Gasteiger partial charge in [0.25, 0.3) is 5.91 Å². The molecule has 0 bridgehead atoms. The highest BCUT2D eigenvalue weighted by molar-refractivity contribution is 6.42. The van der Waals surface area contributed by atoms with Crippen LogP contribution in [-0.2, 0) is 16.0 Å². The van der Waals surface area contributed by atoms with Crippen molar-refractivity contribution in [3.63, 3.8) is 0 Å². The number of amides is 3. The summed E-state index contributed by atoms with van der Waals surface area (Å²) in [6.45, 7) is 4.04. The molecular weight excluding hydrogens is 599 g/mol. The van der Waals surface area contributed by atoms with Gasteiger partial charge in [-0.15, -0.1) is 0 Å². The SMILES string of the molecule is CCC1CC(C)[C@@H](NC(=O)c2cc(-c3cccnc3)n(-c3ccc(Cl)c(Cl)c3)n2)[C@H]1C(=O)N[C@@H](Cc1ccccc1)C(N)=O. The van der Waals surface area contributed by atoms with Crippen LogP contribution in [0.5, 0.6) is 0 Å². The Kier molecular flexibility index (Phi) is 9.66. The summed E-state index contributed by atoms with van der Waals surface area (Å²) in [5.74, 6) is -1.86. The molecule has 1 aliphatic carbocycles. The normalized spacial score (nSPS) is 20.2. The molecule has 2 aromatic heterocycles. The van der Waals surface area contributed by atoms with Crippen molar-refractivity contribution in [2.24, 2.45) is 23.5 Å². The third-order valence-corrected chi connectivity index (χ3v) is 9.04. The molecule has 1 aliphatic rings. The summed E-state index contributed by atoms with van der Waals surface area (Å²) in [5.41, 5.74) is 8.74. The fourth-order valence-electron chi connectivity index (χ4n) is 6.04. The van der Waals surface area contributed by atoms with Gasteiger partial charge in [0, 0.05) is 30.4 Å². The molecule has 2 heterocycles. The minimum atomic E-state index is -0.876. The molecule has 0 saturated heterocycles. The number of carbonyl (C=O) groups excluding carboxylic acids is 3. The average Bonchev–Trinajstić information content (AvgIpc) is 3.60. The molecule has 9 nitrogen and oxygen atoms in total. The summed E-state index contributed by atoms with van der Waals surface area (Å²) < 4.78 is 1.62. The van der Waals surface area contributed by atoms with E-state index in [0.29, 0.717) is 21.4 Å². The highest BCUT2D eigenvalue weighted by Gasteiger charge is 2.46. The second-order valence-corrected chi connectivity index (χ2v) is 12.0. The number of hydrogen-bond donors (Lipinski definition) is 3. The molecule has 5 rings (SSSR count). The Bertz CT molecular complexity index is 1650. The molecule has 44 heavy (non-hydrogen) atoms. The van der Waals surface area contributed by atoms with Gasteiger partial charge in [-0.2, -0.15) is 5.10 Å². The maximum absolute atomic E-state index is 13.8. The summed E-state index contributed by atoms with van der Waals surface area (Å²) in [7, 11) is 0. The zero-order valence-corrected chi connectivity index (χ0v) is 25.9. The molecule has 228 valence electrons. The molecular formula is C33H34Cl2N6O3. The predicted molar refractivity (Wildman–Crippen MR) is 170 cm³/mol. The molecule has 11 heteroatoms. The Morgan fingerprint density at radius 3 is 2.48 bits per heavy atom. The smallest absolute Gasteiger partial charge is 0.272 e. The number of pyridine rings is 1. The standard InChI is InChI=1S/C33H34Cl2N6O3/c1-3-21-14-19(2)30(29(21)33(44)38-26(31(36)42)15-20-8-5-4-6-9-20)39-32(43)27-17-28(22-10-7-13-37-18-22)41(40-27)23-11-12-24(34)25(35)16-23/h4-13,16-19,21,26,29-30H,3,14-15H2,1-2H3,(H2,36,42)(H,38,44)(H,39,43)/t19?,21?,26-,29-,30+/m0/s1. The van der Waals surface area contributed by atoms with Crippen LogP contribution in [0.1, 0.15) is 42.7 Å². The quantitative estimate of drug-likeness (QED) is 0.220. The first-order valence-corrected chi connectivity index (χ1v) is 15.3. The van der Waals surface area contributed by atoms with E-state index >= 15 is 0 Å². The van der Waals surface area contributed by atoms with Crippen LogP contribution in [0.15, 0.2) is 79.1 Å². The van der Waals surface area contributed by atoms with Crippen LogP contribution in [0, 0.1) is 17.8 Å². The number of rotatable bonds is 10. The number of carbonyl (C=O) groups is 3. The summed E-state index contributed by atoms with van der Waals surface area (Å²) in [5, 5.41) is 11.4. The van der Waals surface area contributed by atoms with Crippen LogP contribution >= 0.6 is 23.2 Å². The van der Waals surface area contributed by atoms with E-state index < -0.39 is 29.8 Å². The Morgan fingerprint density at radius 2 is 1.82 bits per heavy atom. The van der Waals surface area contributed by atoms with Gasteiger partial charge in [0.05, 0.1) is 27.3 Å². The minimum Gasteiger partial charge on any atom is -0.368 e. The highest BCUT2D eigenvalue weighted by Crippen LogP contribution is 2.39. The van der Waals surface area contributed by atoms with E-state index in [9.17, 15) is 14.4 Å². The van der Waals surface area contributed by atoms with E-state index in [1.807, 2.05) is 50.2 Å². The topological polar surface area (TPSA) is 132 Å². The van der Waals surface area contributed by atoms with Crippen LogP contribution < -0.4 is 16.4 Å². The van der Waals surface area contributed by atoms with Crippen LogP contribution in [0.25, 0.3) is 16.9 Å². The highest BCUT2D eigenvalue weighted by atomic mass is 35.5. The van der Waals surface area contributed by atoms with E-state index in [1.54, 1.807) is 47.4 Å². The molecule has 4 N–H and O–H groups in total. The van der Waals surface area contributed by atoms with Crippen LogP contribution in [0.3, 0.4) is 0 Å². The lowest BCUT2D eigenvalue weighted by Crippen LogP contribution is -2.53. The average molecular weight is 634 g/mol. The van der Waals surface area contributed by atoms with E-state index in [1.165, 1.54) is 0 Å². The Morgan fingerprint density at radius 1 is 1.05 bits per heavy atom. The van der Waals surface area contributed by atoms with Crippen LogP contribution in [-0.4, -0.2) is 44.6 Å². The van der Waals surface area contributed by atoms with Crippen molar-refractivity contribution in [1.29, 1.82) is 0 Å². The van der Waals surface area contributed by atoms with Crippen molar-refractivity contribution in [2.45, 2.75) is 45.2 Å². The summed E-state index contributed by atoms with van der Waals surface area (Å²) in [6, 6.07) is 18.5. The van der Waals surface area contributed by atoms with E-state index in [0.717, 1.165) is 24.0 Å². The minimum absolute atomic E-state index is 0.00996. The van der Waals surface area contributed by atoms with Crippen LogP contribution in [0.2, 0.25) is 10.0 Å². The third-order valence-electron chi connectivity index (χ3n) is 8.30. The van der Waals surface area contributed by atoms with Crippen LogP contribution in [0.4, 0.5) is 0 Å². The fraction of sp³-hybridized carbons (Fsp3) is 0.303. The predicted octanol–water partition coefficient (Wildman–Crippen LogP) is 5.23. The van der Waals surface area contributed by atoms with Gasteiger partial charge in [-0.25, -0.2) is 4.68 Å². The van der Waals surface area contributed by atoms with Gasteiger partial charge in [-0.05, 0) is 60.2 Å². The number of aromatic nitrogens is 3. The number of benzene rings is 2. The monoisotopic (exact) mass is 632 g/mol. The van der Waals surface area contributed by atoms with Crippen molar-refractivity contribution in [2.75, 3.05) is 0 Å². The van der Waals surface area contributed by atoms with Gasteiger partial charge >= 0.3 is 0 Å². The number of nitrogens with zero attached hydrogens (tertiary/aromatic N) is 3. The zero-order valence-electron chi connectivity index (χ0n) is 24.4. The van der Waals surface area contributed by atoms with Gasteiger partial charge in [0.1, 0.15) is 6.04 Å². The molecule has 2 unspecified atom stereocenters. The first kappa shape index (κ1) is 31.2. The largest absolute Gasteiger partial charge is 0.368 e. The number of halogens is 2. The second-order valence-electron chi connectivity index (χ2n) is 11.2. The van der Waals surface area contributed by atoms with Gasteiger partial charge in [0.2, 0.25) is 11.8 Å². The summed E-state index contributed by atoms with van der Waals surface area (Å²) in [4.78, 5) is 44.1. The first-order chi connectivity index (χ1) is 21.2. The first-order valence-electron chi connectivity index (χ1n) is 14.6. The summed E-state index contributed by atoms with van der Waals surface area (Å²) >= 11 is 12.5. The summed E-state index contributed by atoms with van der Waals surface area (Å²) in [6.07, 6.45) is 5.12. The number of hydrogen-bond acceptors (Lipinski definition) is 5. The Hall–Kier alpha value is -4.21. The van der Waals surface area contributed by atoms with Crippen molar-refractivity contribution in [3.8, 4) is 16.9 Å². The second kappa shape index (κ2) is 13.6. The van der Waals surface area contributed by atoms with Crippen molar-refractivity contribution in [1.82, 2.24) is 25.4 Å². The molecule has 0 aliphatic heterocycles. The van der Waals surface area contributed by atoms with E-state index in [2.05, 4.69) is 20.7 Å². The van der Waals surface area contributed by atoms with E-state index in [4.69, 9.17) is 28.9 Å². The maximum atomic E-state index is 13.8. The van der Waals surface area contributed by atoms with Crippen molar-refractivity contribution < 1.29 is 14.4 Å². The Labute approximate surface area is 266 Å². The van der Waals surface area contributed by atoms with Gasteiger partial charge in [-0.1, -0.05) is 73.8 Å². The lowest BCUT2D eigenvalue weighted by molar-refractivity contribution is -0.131.